The molecule has 106 valence electrons. The second-order valence-corrected chi connectivity index (χ2v) is 5.24. The molecule has 0 radical (unpaired) electrons. The Bertz CT molecular complexity index is 709. The van der Waals surface area contributed by atoms with Gasteiger partial charge in [-0.3, -0.25) is 0 Å². The Labute approximate surface area is 125 Å². The van der Waals surface area contributed by atoms with E-state index in [0.29, 0.717) is 6.54 Å². The minimum absolute atomic E-state index is 0.466. The van der Waals surface area contributed by atoms with Gasteiger partial charge in [0.05, 0.1) is 6.10 Å². The zero-order chi connectivity index (χ0) is 14.5. The second-order valence-electron chi connectivity index (χ2n) is 5.24. The molecule has 2 heteroatoms. The van der Waals surface area contributed by atoms with E-state index < -0.39 is 6.10 Å². The van der Waals surface area contributed by atoms with Crippen LogP contribution in [0.4, 0.5) is 0 Å². The number of benzene rings is 3. The van der Waals surface area contributed by atoms with Crippen molar-refractivity contribution in [3.63, 3.8) is 0 Å². The SMILES string of the molecule is OC(CNCc1ccc2ccccc2c1)c1ccccc1. The summed E-state index contributed by atoms with van der Waals surface area (Å²) >= 11 is 0. The molecular formula is C19H19NO. The Morgan fingerprint density at radius 3 is 2.33 bits per heavy atom. The van der Waals surface area contributed by atoms with Crippen LogP contribution in [0.15, 0.2) is 72.8 Å². The van der Waals surface area contributed by atoms with Gasteiger partial charge in [0.15, 0.2) is 0 Å². The van der Waals surface area contributed by atoms with Crippen molar-refractivity contribution in [1.82, 2.24) is 5.32 Å². The molecule has 0 fully saturated rings. The van der Waals surface area contributed by atoms with Crippen molar-refractivity contribution < 1.29 is 5.11 Å². The topological polar surface area (TPSA) is 32.3 Å². The van der Waals surface area contributed by atoms with Gasteiger partial charge in [-0.05, 0) is 28.0 Å². The van der Waals surface area contributed by atoms with Gasteiger partial charge in [0.25, 0.3) is 0 Å². The van der Waals surface area contributed by atoms with E-state index in [1.807, 2.05) is 30.3 Å². The fraction of sp³-hybridized carbons (Fsp3) is 0.158. The summed E-state index contributed by atoms with van der Waals surface area (Å²) in [7, 11) is 0. The van der Waals surface area contributed by atoms with Crippen LogP contribution in [-0.2, 0) is 6.54 Å². The average molecular weight is 277 g/mol. The van der Waals surface area contributed by atoms with Crippen molar-refractivity contribution in [2.75, 3.05) is 6.54 Å². The van der Waals surface area contributed by atoms with E-state index in [1.165, 1.54) is 16.3 Å². The molecule has 0 aliphatic rings. The number of aliphatic hydroxyl groups excluding tert-OH is 1. The molecule has 0 spiro atoms. The van der Waals surface area contributed by atoms with Gasteiger partial charge in [0, 0.05) is 13.1 Å². The van der Waals surface area contributed by atoms with Crippen molar-refractivity contribution >= 4 is 10.8 Å². The minimum atomic E-state index is -0.466. The van der Waals surface area contributed by atoms with Gasteiger partial charge in [-0.2, -0.15) is 0 Å². The molecule has 0 saturated carbocycles. The highest BCUT2D eigenvalue weighted by Gasteiger charge is 2.05. The molecule has 1 unspecified atom stereocenters. The van der Waals surface area contributed by atoms with E-state index in [9.17, 15) is 5.11 Å². The molecule has 0 aliphatic heterocycles. The third kappa shape index (κ3) is 3.48. The van der Waals surface area contributed by atoms with Gasteiger partial charge < -0.3 is 10.4 Å². The molecule has 2 N–H and O–H groups in total. The number of fused-ring (bicyclic) bond motifs is 1. The van der Waals surface area contributed by atoms with Crippen LogP contribution in [0.25, 0.3) is 10.8 Å². The molecule has 2 nitrogen and oxygen atoms in total. The van der Waals surface area contributed by atoms with Crippen LogP contribution in [0.1, 0.15) is 17.2 Å². The van der Waals surface area contributed by atoms with E-state index >= 15 is 0 Å². The van der Waals surface area contributed by atoms with Crippen LogP contribution in [0.3, 0.4) is 0 Å². The Hall–Kier alpha value is -2.16. The van der Waals surface area contributed by atoms with Gasteiger partial charge in [-0.15, -0.1) is 0 Å². The molecule has 0 aliphatic carbocycles. The first kappa shape index (κ1) is 13.8. The summed E-state index contributed by atoms with van der Waals surface area (Å²) in [5, 5.41) is 15.9. The Balaban J connectivity index is 1.59. The fourth-order valence-electron chi connectivity index (χ4n) is 2.50. The molecule has 0 heterocycles. The number of hydrogen-bond donors (Lipinski definition) is 2. The first-order chi connectivity index (χ1) is 10.3. The number of nitrogens with one attached hydrogen (secondary N) is 1. The number of rotatable bonds is 5. The monoisotopic (exact) mass is 277 g/mol. The predicted molar refractivity (Wildman–Crippen MR) is 87.1 cm³/mol. The Morgan fingerprint density at radius 2 is 1.52 bits per heavy atom. The molecule has 1 atom stereocenters. The van der Waals surface area contributed by atoms with E-state index in [4.69, 9.17) is 0 Å². The first-order valence-electron chi connectivity index (χ1n) is 7.24. The lowest BCUT2D eigenvalue weighted by molar-refractivity contribution is 0.174. The average Bonchev–Trinajstić information content (AvgIpc) is 2.55. The highest BCUT2D eigenvalue weighted by molar-refractivity contribution is 5.82. The standard InChI is InChI=1S/C19H19NO/c21-19(17-7-2-1-3-8-17)14-20-13-15-10-11-16-6-4-5-9-18(16)12-15/h1-12,19-21H,13-14H2. The van der Waals surface area contributed by atoms with Crippen molar-refractivity contribution in [3.05, 3.63) is 83.9 Å². The van der Waals surface area contributed by atoms with Crippen LogP contribution in [0.5, 0.6) is 0 Å². The first-order valence-corrected chi connectivity index (χ1v) is 7.24. The van der Waals surface area contributed by atoms with Crippen molar-refractivity contribution in [2.24, 2.45) is 0 Å². The smallest absolute Gasteiger partial charge is 0.0914 e. The van der Waals surface area contributed by atoms with Crippen LogP contribution in [-0.4, -0.2) is 11.7 Å². The quantitative estimate of drug-likeness (QED) is 0.746. The van der Waals surface area contributed by atoms with Crippen LogP contribution in [0, 0.1) is 0 Å². The maximum atomic E-state index is 10.1. The normalized spacial score (nSPS) is 12.4. The number of hydrogen-bond acceptors (Lipinski definition) is 2. The summed E-state index contributed by atoms with van der Waals surface area (Å²) in [5.41, 5.74) is 2.18. The molecule has 0 bridgehead atoms. The summed E-state index contributed by atoms with van der Waals surface area (Å²) in [5.74, 6) is 0. The summed E-state index contributed by atoms with van der Waals surface area (Å²) in [6.45, 7) is 1.31. The van der Waals surface area contributed by atoms with Gasteiger partial charge in [-0.25, -0.2) is 0 Å². The highest BCUT2D eigenvalue weighted by Crippen LogP contribution is 2.16. The summed E-state index contributed by atoms with van der Waals surface area (Å²) in [6, 6.07) is 24.5. The van der Waals surface area contributed by atoms with E-state index in [-0.39, 0.29) is 0 Å². The Morgan fingerprint density at radius 1 is 0.810 bits per heavy atom. The third-order valence-electron chi connectivity index (χ3n) is 3.67. The van der Waals surface area contributed by atoms with Crippen molar-refractivity contribution in [3.8, 4) is 0 Å². The molecule has 0 amide bonds. The molecule has 21 heavy (non-hydrogen) atoms. The molecule has 3 aromatic rings. The van der Waals surface area contributed by atoms with Crippen molar-refractivity contribution in [2.45, 2.75) is 12.6 Å². The van der Waals surface area contributed by atoms with Crippen molar-refractivity contribution in [1.29, 1.82) is 0 Å². The third-order valence-corrected chi connectivity index (χ3v) is 3.67. The zero-order valence-electron chi connectivity index (χ0n) is 11.9. The maximum Gasteiger partial charge on any atom is 0.0914 e. The van der Waals surface area contributed by atoms with Gasteiger partial charge in [-0.1, -0.05) is 66.7 Å². The molecule has 0 aromatic heterocycles. The van der Waals surface area contributed by atoms with Crippen LogP contribution >= 0.6 is 0 Å². The lowest BCUT2D eigenvalue weighted by Crippen LogP contribution is -2.21. The predicted octanol–water partition coefficient (Wildman–Crippen LogP) is 3.66. The highest BCUT2D eigenvalue weighted by atomic mass is 16.3. The van der Waals surface area contributed by atoms with Gasteiger partial charge in [0.2, 0.25) is 0 Å². The lowest BCUT2D eigenvalue weighted by atomic mass is 10.1. The molecular weight excluding hydrogens is 258 g/mol. The summed E-state index contributed by atoms with van der Waals surface area (Å²) in [4.78, 5) is 0. The van der Waals surface area contributed by atoms with Gasteiger partial charge in [0.1, 0.15) is 0 Å². The fourth-order valence-corrected chi connectivity index (χ4v) is 2.50. The second kappa shape index (κ2) is 6.53. The molecule has 0 saturated heterocycles. The van der Waals surface area contributed by atoms with Crippen LogP contribution in [0.2, 0.25) is 0 Å². The number of aliphatic hydroxyl groups is 1. The van der Waals surface area contributed by atoms with E-state index in [1.54, 1.807) is 0 Å². The van der Waals surface area contributed by atoms with Crippen LogP contribution < -0.4 is 5.32 Å². The van der Waals surface area contributed by atoms with E-state index in [0.717, 1.165) is 12.1 Å². The molecule has 3 rings (SSSR count). The maximum absolute atomic E-state index is 10.1. The summed E-state index contributed by atoms with van der Waals surface area (Å²) < 4.78 is 0. The van der Waals surface area contributed by atoms with E-state index in [2.05, 4.69) is 47.8 Å². The summed E-state index contributed by atoms with van der Waals surface area (Å²) in [6.07, 6.45) is -0.466. The van der Waals surface area contributed by atoms with Gasteiger partial charge >= 0.3 is 0 Å². The minimum Gasteiger partial charge on any atom is -0.387 e. The largest absolute Gasteiger partial charge is 0.387 e. The lowest BCUT2D eigenvalue weighted by Gasteiger charge is -2.12. The Kier molecular flexibility index (Phi) is 4.29. The molecule has 3 aromatic carbocycles. The zero-order valence-corrected chi connectivity index (χ0v) is 11.9.